The molecule has 1 atom stereocenters. The van der Waals surface area contributed by atoms with Crippen LogP contribution in [0.25, 0.3) is 0 Å². The fourth-order valence-corrected chi connectivity index (χ4v) is 13.3. The summed E-state index contributed by atoms with van der Waals surface area (Å²) in [6, 6.07) is 17.2. The van der Waals surface area contributed by atoms with Gasteiger partial charge < -0.3 is 20.2 Å². The second-order valence-electron chi connectivity index (χ2n) is 19.6. The summed E-state index contributed by atoms with van der Waals surface area (Å²) in [5.41, 5.74) is -3.14. The number of nitrogens with zero attached hydrogens (tertiary/aromatic N) is 4. The Balaban J connectivity index is 0.922. The van der Waals surface area contributed by atoms with Crippen LogP contribution in [0.4, 0.5) is 33.7 Å². The number of nitrogens with one attached hydrogen (secondary N) is 2. The zero-order chi connectivity index (χ0) is 48.0. The predicted molar refractivity (Wildman–Crippen MR) is 249 cm³/mol. The molecule has 20 heteroatoms. The van der Waals surface area contributed by atoms with E-state index in [9.17, 15) is 49.1 Å². The number of alkyl halides is 4. The molecule has 6 aliphatic rings. The molecule has 0 aromatic heterocycles. The highest BCUT2D eigenvalue weighted by molar-refractivity contribution is 7.99. The molecule has 2 aliphatic heterocycles. The lowest BCUT2D eigenvalue weighted by atomic mass is 9.38. The Morgan fingerprint density at radius 3 is 2.10 bits per heavy atom. The van der Waals surface area contributed by atoms with Crippen molar-refractivity contribution in [3.05, 3.63) is 89.5 Å². The Morgan fingerprint density at radius 2 is 1.49 bits per heavy atom. The molecular formula is C47H58F4N6O7S3. The monoisotopic (exact) mass is 990 g/mol. The standard InChI is InChI=1S/C47H58F4N6O7S3/c1-44(2)16-14-34(39(27-44)45-30-46(48,31-45)32-45)28-55-20-22-56(23-21-55)36-10-8-33(9-11-36)42(58)53-67(63,64)38-12-13-40(41(26-38)66(61,62)47(49,50)51)52-35(29-65-37-6-4-3-5-7-37)15-17-54-18-24-57(25-19-54)43(59)60/h3-13,26,35,52H,14-25,27-32H2,1-2H3,(H,53,58)(H,59,60)/t35-,45?,46?/m1/s1. The molecule has 2 bridgehead atoms. The fraction of sp³-hybridized carbons (Fsp3) is 0.532. The number of halogens is 4. The minimum Gasteiger partial charge on any atom is -0.465 e. The highest BCUT2D eigenvalue weighted by Gasteiger charge is 2.70. The molecule has 2 heterocycles. The van der Waals surface area contributed by atoms with Crippen molar-refractivity contribution in [3.63, 3.8) is 0 Å². The Kier molecular flexibility index (Phi) is 13.8. The van der Waals surface area contributed by atoms with Crippen LogP contribution in [0.15, 0.2) is 98.6 Å². The maximum absolute atomic E-state index is 14.6. The van der Waals surface area contributed by atoms with E-state index in [0.29, 0.717) is 51.4 Å². The van der Waals surface area contributed by atoms with Gasteiger partial charge in [0.05, 0.1) is 10.6 Å². The number of benzene rings is 3. The highest BCUT2D eigenvalue weighted by Crippen LogP contribution is 2.74. The first-order chi connectivity index (χ1) is 31.5. The van der Waals surface area contributed by atoms with Crippen LogP contribution in [0.1, 0.15) is 69.2 Å². The van der Waals surface area contributed by atoms with Gasteiger partial charge in [-0.3, -0.25) is 14.6 Å². The normalized spacial score (nSPS) is 24.1. The minimum absolute atomic E-state index is 0.0288. The number of anilines is 2. The van der Waals surface area contributed by atoms with Crippen LogP contribution in [0.5, 0.6) is 0 Å². The van der Waals surface area contributed by atoms with E-state index in [1.54, 1.807) is 12.1 Å². The number of rotatable bonds is 16. The molecule has 13 nitrogen and oxygen atoms in total. The molecular weight excluding hydrogens is 933 g/mol. The molecule has 2 amide bonds. The number of carboxylic acid groups (broad SMARTS) is 1. The van der Waals surface area contributed by atoms with E-state index < -0.39 is 64.6 Å². The van der Waals surface area contributed by atoms with Gasteiger partial charge in [-0.05, 0) is 105 Å². The zero-order valence-corrected chi connectivity index (χ0v) is 40.1. The van der Waals surface area contributed by atoms with Crippen LogP contribution in [-0.2, 0) is 19.9 Å². The third-order valence-electron chi connectivity index (χ3n) is 14.1. The van der Waals surface area contributed by atoms with Gasteiger partial charge >= 0.3 is 11.6 Å². The van der Waals surface area contributed by atoms with Crippen LogP contribution >= 0.6 is 11.8 Å². The van der Waals surface area contributed by atoms with Gasteiger partial charge in [-0.15, -0.1) is 11.8 Å². The lowest BCUT2D eigenvalue weighted by Crippen LogP contribution is -2.65. The Bertz CT molecular complexity index is 2560. The van der Waals surface area contributed by atoms with E-state index in [4.69, 9.17) is 0 Å². The summed E-state index contributed by atoms with van der Waals surface area (Å²) in [6.07, 6.45) is 4.47. The Hall–Kier alpha value is -4.37. The molecule has 0 radical (unpaired) electrons. The summed E-state index contributed by atoms with van der Waals surface area (Å²) in [5.74, 6) is -0.763. The van der Waals surface area contributed by atoms with Gasteiger partial charge in [-0.2, -0.15) is 13.2 Å². The van der Waals surface area contributed by atoms with Gasteiger partial charge in [-0.25, -0.2) is 30.7 Å². The van der Waals surface area contributed by atoms with Crippen molar-refractivity contribution in [2.45, 2.75) is 90.7 Å². The van der Waals surface area contributed by atoms with E-state index >= 15 is 0 Å². The number of carbonyl (C=O) groups is 2. The van der Waals surface area contributed by atoms with Crippen molar-refractivity contribution < 1.29 is 49.1 Å². The topological polar surface area (TPSA) is 160 Å². The molecule has 0 unspecified atom stereocenters. The van der Waals surface area contributed by atoms with E-state index in [-0.39, 0.29) is 35.2 Å². The number of allylic oxidation sites excluding steroid dienone is 1. The molecule has 2 saturated heterocycles. The van der Waals surface area contributed by atoms with Gasteiger partial charge in [0.15, 0.2) is 0 Å². The molecule has 5 fully saturated rings. The van der Waals surface area contributed by atoms with Crippen LogP contribution in [0.2, 0.25) is 0 Å². The van der Waals surface area contributed by atoms with Gasteiger partial charge in [-0.1, -0.05) is 43.2 Å². The molecule has 4 aliphatic carbocycles. The highest BCUT2D eigenvalue weighted by atomic mass is 32.2. The SMILES string of the molecule is CC1(C)CCC(CN2CCN(c3ccc(C(=O)NS(=O)(=O)c4ccc(N[C@H](CCN5CCN(C(=O)O)CC5)CSc5ccccc5)c(S(=O)(=O)C(F)(F)F)c4)cc3)CC2)=C(C23CC(F)(C2)C3)C1. The van der Waals surface area contributed by atoms with E-state index in [0.717, 1.165) is 74.7 Å². The number of piperazine rings is 2. The third-order valence-corrected chi connectivity index (χ3v) is 18.2. The zero-order valence-electron chi connectivity index (χ0n) is 37.7. The number of thioether (sulfide) groups is 1. The first kappa shape index (κ1) is 49.1. The summed E-state index contributed by atoms with van der Waals surface area (Å²) in [4.78, 5) is 31.4. The van der Waals surface area contributed by atoms with Crippen LogP contribution < -0.4 is 14.9 Å². The third kappa shape index (κ3) is 10.9. The van der Waals surface area contributed by atoms with Crippen molar-refractivity contribution in [1.29, 1.82) is 0 Å². The summed E-state index contributed by atoms with van der Waals surface area (Å²) in [6.45, 7) is 10.4. The van der Waals surface area contributed by atoms with E-state index in [2.05, 4.69) is 29.0 Å². The average Bonchev–Trinajstić information content (AvgIpc) is 3.26. The van der Waals surface area contributed by atoms with Crippen molar-refractivity contribution in [3.8, 4) is 0 Å². The van der Waals surface area contributed by atoms with Crippen LogP contribution in [-0.4, -0.2) is 137 Å². The van der Waals surface area contributed by atoms with Crippen molar-refractivity contribution >= 4 is 55.0 Å². The summed E-state index contributed by atoms with van der Waals surface area (Å²) in [7, 11) is -11.0. The summed E-state index contributed by atoms with van der Waals surface area (Å²) >= 11 is 1.39. The first-order valence-electron chi connectivity index (χ1n) is 22.7. The Morgan fingerprint density at radius 1 is 0.851 bits per heavy atom. The molecule has 9 rings (SSSR count). The number of carbonyl (C=O) groups excluding carboxylic acids is 1. The number of sulfone groups is 1. The number of sulfonamides is 1. The largest absolute Gasteiger partial charge is 0.501 e. The lowest BCUT2D eigenvalue weighted by molar-refractivity contribution is -0.193. The van der Waals surface area contributed by atoms with Crippen LogP contribution in [0.3, 0.4) is 0 Å². The number of amides is 2. The molecule has 3 N–H and O–H groups in total. The second-order valence-corrected chi connectivity index (χ2v) is 24.3. The molecule has 3 aromatic carbocycles. The maximum Gasteiger partial charge on any atom is 0.501 e. The molecule has 67 heavy (non-hydrogen) atoms. The summed E-state index contributed by atoms with van der Waals surface area (Å²) in [5, 5.41) is 12.3. The quantitative estimate of drug-likeness (QED) is 0.0726. The lowest BCUT2D eigenvalue weighted by Gasteiger charge is -2.68. The van der Waals surface area contributed by atoms with Gasteiger partial charge in [0.25, 0.3) is 25.8 Å². The first-order valence-corrected chi connectivity index (χ1v) is 26.6. The minimum atomic E-state index is -6.11. The van der Waals surface area contributed by atoms with E-state index in [1.165, 1.54) is 39.9 Å². The molecule has 3 aromatic rings. The smallest absolute Gasteiger partial charge is 0.465 e. The van der Waals surface area contributed by atoms with Crippen molar-refractivity contribution in [1.82, 2.24) is 19.4 Å². The summed E-state index contributed by atoms with van der Waals surface area (Å²) < 4.78 is 112. The Labute approximate surface area is 394 Å². The average molecular weight is 991 g/mol. The van der Waals surface area contributed by atoms with Gasteiger partial charge in [0.1, 0.15) is 10.6 Å². The molecule has 0 spiro atoms. The van der Waals surface area contributed by atoms with Gasteiger partial charge in [0.2, 0.25) is 0 Å². The predicted octanol–water partition coefficient (Wildman–Crippen LogP) is 7.88. The number of hydrogen-bond acceptors (Lipinski definition) is 11. The molecule has 364 valence electrons. The van der Waals surface area contributed by atoms with Crippen molar-refractivity contribution in [2.75, 3.05) is 81.4 Å². The van der Waals surface area contributed by atoms with Crippen LogP contribution in [0, 0.1) is 10.8 Å². The maximum atomic E-state index is 14.6. The number of hydrogen-bond donors (Lipinski definition) is 3. The van der Waals surface area contributed by atoms with E-state index in [1.807, 2.05) is 40.0 Å². The van der Waals surface area contributed by atoms with Crippen molar-refractivity contribution in [2.24, 2.45) is 10.8 Å². The van der Waals surface area contributed by atoms with Gasteiger partial charge in [0, 0.05) is 98.8 Å². The fourth-order valence-electron chi connectivity index (χ4n) is 10.3. The molecule has 3 saturated carbocycles. The second kappa shape index (κ2) is 18.8.